The third kappa shape index (κ3) is 7.63. The average molecular weight is 564 g/mol. The van der Waals surface area contributed by atoms with Gasteiger partial charge in [-0.2, -0.15) is 0 Å². The zero-order chi connectivity index (χ0) is 28.5. The number of likely N-dealkylation sites (N-methyl/N-ethyl adjacent to an activating group) is 1. The third-order valence-electron chi connectivity index (χ3n) is 6.00. The average Bonchev–Trinajstić information content (AvgIpc) is 3.39. The van der Waals surface area contributed by atoms with Gasteiger partial charge in [-0.05, 0) is 55.8 Å². The number of aromatic nitrogens is 1. The highest BCUT2D eigenvalue weighted by Crippen LogP contribution is 2.30. The lowest BCUT2D eigenvalue weighted by Crippen LogP contribution is -2.38. The number of fused-ring (bicyclic) bond motifs is 1. The number of carbonyl (C=O) groups excluding carboxylic acids is 2. The Hall–Kier alpha value is -4.31. The van der Waals surface area contributed by atoms with Crippen LogP contribution in [0.15, 0.2) is 66.7 Å². The highest BCUT2D eigenvalue weighted by atomic mass is 32.1. The first-order chi connectivity index (χ1) is 19.4. The number of ether oxygens (including phenoxy) is 4. The molecule has 0 unspecified atom stereocenters. The zero-order valence-electron chi connectivity index (χ0n) is 23.1. The van der Waals surface area contributed by atoms with E-state index in [0.29, 0.717) is 30.4 Å². The second-order valence-electron chi connectivity index (χ2n) is 9.06. The number of hydrogen-bond donors (Lipinski definition) is 0. The first kappa shape index (κ1) is 28.7. The molecule has 1 aromatic heterocycles. The monoisotopic (exact) mass is 563 g/mol. The van der Waals surface area contributed by atoms with Gasteiger partial charge in [-0.3, -0.25) is 9.69 Å². The fraction of sp³-hybridized carbons (Fsp3) is 0.300. The maximum Gasteiger partial charge on any atom is 0.416 e. The van der Waals surface area contributed by atoms with Gasteiger partial charge in [0.1, 0.15) is 18.9 Å². The van der Waals surface area contributed by atoms with Crippen molar-refractivity contribution in [2.75, 3.05) is 45.4 Å². The minimum Gasteiger partial charge on any atom is -0.493 e. The minimum atomic E-state index is -0.660. The van der Waals surface area contributed by atoms with E-state index in [2.05, 4.69) is 11.1 Å². The minimum absolute atomic E-state index is 0.107. The van der Waals surface area contributed by atoms with E-state index in [-0.39, 0.29) is 19.7 Å². The van der Waals surface area contributed by atoms with Crippen LogP contribution in [0.3, 0.4) is 0 Å². The Bertz CT molecular complexity index is 1410. The largest absolute Gasteiger partial charge is 0.493 e. The van der Waals surface area contributed by atoms with Crippen molar-refractivity contribution in [2.24, 2.45) is 0 Å². The lowest BCUT2D eigenvalue weighted by molar-refractivity contribution is -0.144. The van der Waals surface area contributed by atoms with Crippen LogP contribution in [0.1, 0.15) is 18.1 Å². The van der Waals surface area contributed by atoms with Gasteiger partial charge in [0.25, 0.3) is 0 Å². The van der Waals surface area contributed by atoms with Crippen LogP contribution in [0.2, 0.25) is 0 Å². The number of aryl methyl sites for hydroxylation is 1. The summed E-state index contributed by atoms with van der Waals surface area (Å²) in [5.74, 6) is 0.956. The van der Waals surface area contributed by atoms with Crippen LogP contribution in [0.5, 0.6) is 17.2 Å². The molecule has 0 aliphatic heterocycles. The van der Waals surface area contributed by atoms with Crippen LogP contribution < -0.4 is 19.1 Å². The van der Waals surface area contributed by atoms with Gasteiger partial charge in [0.2, 0.25) is 0 Å². The van der Waals surface area contributed by atoms with Crippen LogP contribution in [0.25, 0.3) is 10.2 Å². The Morgan fingerprint density at radius 1 is 1.00 bits per heavy atom. The molecule has 210 valence electrons. The summed E-state index contributed by atoms with van der Waals surface area (Å²) < 4.78 is 23.3. The van der Waals surface area contributed by atoms with Gasteiger partial charge in [-0.1, -0.05) is 47.2 Å². The molecule has 4 rings (SSSR count). The van der Waals surface area contributed by atoms with Crippen molar-refractivity contribution in [3.63, 3.8) is 0 Å². The second-order valence-corrected chi connectivity index (χ2v) is 10.1. The SMILES string of the molecule is CCOC(=O)CN(Cc1ccc(OC)c(OCCN(C)c2nc3ccccc3s2)c1)C(=O)Oc1ccc(C)cc1. The molecule has 0 aliphatic carbocycles. The lowest BCUT2D eigenvalue weighted by atomic mass is 10.2. The third-order valence-corrected chi connectivity index (χ3v) is 7.16. The zero-order valence-corrected chi connectivity index (χ0v) is 23.9. The van der Waals surface area contributed by atoms with E-state index < -0.39 is 12.1 Å². The van der Waals surface area contributed by atoms with Crippen LogP contribution in [-0.2, 0) is 16.1 Å². The van der Waals surface area contributed by atoms with Gasteiger partial charge in [-0.15, -0.1) is 0 Å². The summed E-state index contributed by atoms with van der Waals surface area (Å²) in [6, 6.07) is 20.5. The van der Waals surface area contributed by atoms with E-state index in [0.717, 1.165) is 26.5 Å². The van der Waals surface area contributed by atoms with E-state index in [9.17, 15) is 9.59 Å². The molecule has 0 atom stereocenters. The van der Waals surface area contributed by atoms with Crippen molar-refractivity contribution in [3.8, 4) is 17.2 Å². The van der Waals surface area contributed by atoms with Crippen LogP contribution in [0, 0.1) is 6.92 Å². The van der Waals surface area contributed by atoms with E-state index in [1.165, 1.54) is 4.90 Å². The summed E-state index contributed by atoms with van der Waals surface area (Å²) in [7, 11) is 3.54. The molecule has 0 aliphatic rings. The molecule has 0 fully saturated rings. The van der Waals surface area contributed by atoms with Gasteiger partial charge in [0.05, 0.1) is 30.5 Å². The number of amides is 1. The van der Waals surface area contributed by atoms with Gasteiger partial charge in [0, 0.05) is 13.6 Å². The highest BCUT2D eigenvalue weighted by molar-refractivity contribution is 7.22. The molecule has 3 aromatic carbocycles. The molecule has 10 heteroatoms. The van der Waals surface area contributed by atoms with E-state index in [4.69, 9.17) is 18.9 Å². The molecular weight excluding hydrogens is 530 g/mol. The Kier molecular flexibility index (Phi) is 9.80. The number of para-hydroxylation sites is 1. The van der Waals surface area contributed by atoms with Gasteiger partial charge in [0.15, 0.2) is 16.6 Å². The molecule has 0 radical (unpaired) electrons. The Morgan fingerprint density at radius 2 is 1.77 bits per heavy atom. The molecule has 9 nitrogen and oxygen atoms in total. The number of nitrogens with zero attached hydrogens (tertiary/aromatic N) is 3. The van der Waals surface area contributed by atoms with Crippen molar-refractivity contribution in [3.05, 3.63) is 77.9 Å². The van der Waals surface area contributed by atoms with Gasteiger partial charge < -0.3 is 23.8 Å². The predicted molar refractivity (Wildman–Crippen MR) is 156 cm³/mol. The molecule has 4 aromatic rings. The number of carbonyl (C=O) groups is 2. The van der Waals surface area contributed by atoms with Gasteiger partial charge in [-0.25, -0.2) is 9.78 Å². The standard InChI is InChI=1S/C30H33N3O6S/c1-5-37-28(34)20-33(30(35)39-23-13-10-21(2)11-14-23)19-22-12-15-25(36-4)26(18-22)38-17-16-32(3)29-31-24-8-6-7-9-27(24)40-29/h6-15,18H,5,16-17,19-20H2,1-4H3. The Balaban J connectivity index is 1.43. The lowest BCUT2D eigenvalue weighted by Gasteiger charge is -2.22. The van der Waals surface area contributed by atoms with Gasteiger partial charge >= 0.3 is 12.1 Å². The van der Waals surface area contributed by atoms with Crippen molar-refractivity contribution in [1.82, 2.24) is 9.88 Å². The molecule has 0 bridgehead atoms. The number of rotatable bonds is 12. The molecule has 1 amide bonds. The number of methoxy groups -OCH3 is 1. The maximum atomic E-state index is 13.0. The number of benzene rings is 3. The predicted octanol–water partition coefficient (Wildman–Crippen LogP) is 5.69. The van der Waals surface area contributed by atoms with Crippen molar-refractivity contribution < 1.29 is 28.5 Å². The van der Waals surface area contributed by atoms with Crippen molar-refractivity contribution in [2.45, 2.75) is 20.4 Å². The first-order valence-corrected chi connectivity index (χ1v) is 13.7. The summed E-state index contributed by atoms with van der Waals surface area (Å²) in [6.07, 6.45) is -0.660. The fourth-order valence-corrected chi connectivity index (χ4v) is 4.84. The summed E-state index contributed by atoms with van der Waals surface area (Å²) >= 11 is 1.63. The Morgan fingerprint density at radius 3 is 2.50 bits per heavy atom. The molecule has 40 heavy (non-hydrogen) atoms. The summed E-state index contributed by atoms with van der Waals surface area (Å²) in [5, 5.41) is 0.909. The molecule has 0 saturated carbocycles. The molecule has 1 heterocycles. The van der Waals surface area contributed by atoms with E-state index in [1.54, 1.807) is 49.6 Å². The molecule has 0 saturated heterocycles. The number of anilines is 1. The topological polar surface area (TPSA) is 90.4 Å². The Labute approximate surface area is 237 Å². The summed E-state index contributed by atoms with van der Waals surface area (Å²) in [4.78, 5) is 33.3. The van der Waals surface area contributed by atoms with Crippen molar-refractivity contribution >= 4 is 38.7 Å². The first-order valence-electron chi connectivity index (χ1n) is 12.9. The van der Waals surface area contributed by atoms with Crippen molar-refractivity contribution in [1.29, 1.82) is 0 Å². The van der Waals surface area contributed by atoms with Crippen LogP contribution >= 0.6 is 11.3 Å². The quantitative estimate of drug-likeness (QED) is 0.203. The van der Waals surface area contributed by atoms with E-state index in [1.807, 2.05) is 55.3 Å². The van der Waals surface area contributed by atoms with Crippen LogP contribution in [-0.4, -0.2) is 62.4 Å². The smallest absolute Gasteiger partial charge is 0.416 e. The number of thiazole rings is 1. The number of hydrogen-bond acceptors (Lipinski definition) is 9. The number of esters is 1. The second kappa shape index (κ2) is 13.7. The summed E-state index contributed by atoms with van der Waals surface area (Å²) in [6.45, 7) is 4.71. The van der Waals surface area contributed by atoms with Crippen LogP contribution in [0.4, 0.5) is 9.93 Å². The summed E-state index contributed by atoms with van der Waals surface area (Å²) in [5.41, 5.74) is 2.75. The fourth-order valence-electron chi connectivity index (χ4n) is 3.88. The molecule has 0 N–H and O–H groups in total. The molecule has 0 spiro atoms. The normalized spacial score (nSPS) is 10.7. The van der Waals surface area contributed by atoms with E-state index >= 15 is 0 Å². The highest BCUT2D eigenvalue weighted by Gasteiger charge is 2.21. The molecular formula is C30H33N3O6S. The maximum absolute atomic E-state index is 13.0.